The van der Waals surface area contributed by atoms with E-state index in [4.69, 9.17) is 0 Å². The van der Waals surface area contributed by atoms with Crippen LogP contribution in [-0.4, -0.2) is 31.7 Å². The SMILES string of the molecule is O=C(Nc1ccc(F)c(F)c1)c1sccc1S(=O)(=O)N1CCCC1. The number of rotatable bonds is 4. The number of hydrogen-bond acceptors (Lipinski definition) is 4. The highest BCUT2D eigenvalue weighted by Crippen LogP contribution is 2.28. The maximum atomic E-state index is 13.2. The van der Waals surface area contributed by atoms with Crippen LogP contribution in [0.5, 0.6) is 0 Å². The Bertz CT molecular complexity index is 875. The smallest absolute Gasteiger partial charge is 0.267 e. The van der Waals surface area contributed by atoms with Crippen LogP contribution in [0.15, 0.2) is 34.5 Å². The molecule has 0 radical (unpaired) electrons. The van der Waals surface area contributed by atoms with E-state index in [1.165, 1.54) is 21.8 Å². The Morgan fingerprint density at radius 3 is 2.50 bits per heavy atom. The molecule has 9 heteroatoms. The van der Waals surface area contributed by atoms with Crippen LogP contribution in [0.1, 0.15) is 22.5 Å². The first kappa shape index (κ1) is 17.0. The Labute approximate surface area is 142 Å². The van der Waals surface area contributed by atoms with Gasteiger partial charge in [0, 0.05) is 24.8 Å². The maximum Gasteiger partial charge on any atom is 0.267 e. The van der Waals surface area contributed by atoms with Gasteiger partial charge in [-0.3, -0.25) is 4.79 Å². The van der Waals surface area contributed by atoms with E-state index in [0.717, 1.165) is 36.3 Å². The van der Waals surface area contributed by atoms with Crippen molar-refractivity contribution in [1.29, 1.82) is 0 Å². The summed E-state index contributed by atoms with van der Waals surface area (Å²) in [4.78, 5) is 12.3. The summed E-state index contributed by atoms with van der Waals surface area (Å²) in [5.41, 5.74) is 0.0526. The maximum absolute atomic E-state index is 13.2. The zero-order valence-electron chi connectivity index (χ0n) is 12.5. The molecule has 1 amide bonds. The zero-order chi connectivity index (χ0) is 17.3. The van der Waals surface area contributed by atoms with Crippen LogP contribution in [0.4, 0.5) is 14.5 Å². The van der Waals surface area contributed by atoms with Gasteiger partial charge in [-0.2, -0.15) is 4.31 Å². The van der Waals surface area contributed by atoms with E-state index in [1.54, 1.807) is 0 Å². The number of hydrogen-bond donors (Lipinski definition) is 1. The van der Waals surface area contributed by atoms with Crippen LogP contribution in [0.25, 0.3) is 0 Å². The number of nitrogens with one attached hydrogen (secondary N) is 1. The summed E-state index contributed by atoms with van der Waals surface area (Å²) in [7, 11) is -3.73. The Balaban J connectivity index is 1.86. The number of sulfonamides is 1. The van der Waals surface area contributed by atoms with E-state index < -0.39 is 27.6 Å². The van der Waals surface area contributed by atoms with Gasteiger partial charge in [-0.05, 0) is 36.4 Å². The van der Waals surface area contributed by atoms with Crippen LogP contribution in [0, 0.1) is 11.6 Å². The molecule has 0 bridgehead atoms. The molecule has 0 aliphatic carbocycles. The van der Waals surface area contributed by atoms with E-state index in [1.807, 2.05) is 0 Å². The molecule has 1 aliphatic heterocycles. The van der Waals surface area contributed by atoms with Crippen LogP contribution in [-0.2, 0) is 10.0 Å². The average molecular weight is 372 g/mol. The van der Waals surface area contributed by atoms with Gasteiger partial charge in [-0.1, -0.05) is 0 Å². The third-order valence-electron chi connectivity index (χ3n) is 3.70. The van der Waals surface area contributed by atoms with Crippen LogP contribution in [0.3, 0.4) is 0 Å². The predicted octanol–water partition coefficient (Wildman–Crippen LogP) is 3.06. The molecule has 3 rings (SSSR count). The van der Waals surface area contributed by atoms with Gasteiger partial charge in [0.1, 0.15) is 9.77 Å². The van der Waals surface area contributed by atoms with E-state index >= 15 is 0 Å². The Morgan fingerprint density at radius 2 is 1.83 bits per heavy atom. The van der Waals surface area contributed by atoms with Crippen LogP contribution in [0.2, 0.25) is 0 Å². The molecule has 0 saturated carbocycles. The van der Waals surface area contributed by atoms with Crippen LogP contribution >= 0.6 is 11.3 Å². The molecule has 0 atom stereocenters. The first-order valence-electron chi connectivity index (χ1n) is 7.23. The van der Waals surface area contributed by atoms with Gasteiger partial charge in [0.25, 0.3) is 5.91 Å². The van der Waals surface area contributed by atoms with Crippen molar-refractivity contribution in [2.75, 3.05) is 18.4 Å². The van der Waals surface area contributed by atoms with Crippen molar-refractivity contribution in [1.82, 2.24) is 4.31 Å². The van der Waals surface area contributed by atoms with Gasteiger partial charge >= 0.3 is 0 Å². The molecular weight excluding hydrogens is 358 g/mol. The van der Waals surface area contributed by atoms with Crippen molar-refractivity contribution < 1.29 is 22.0 Å². The van der Waals surface area contributed by atoms with Crippen molar-refractivity contribution in [2.45, 2.75) is 17.7 Å². The monoisotopic (exact) mass is 372 g/mol. The topological polar surface area (TPSA) is 66.5 Å². The molecule has 1 N–H and O–H groups in total. The number of halogens is 2. The number of carbonyl (C=O) groups is 1. The number of benzene rings is 1. The van der Waals surface area contributed by atoms with E-state index in [0.29, 0.717) is 13.1 Å². The highest BCUT2D eigenvalue weighted by molar-refractivity contribution is 7.89. The normalized spacial score (nSPS) is 15.6. The lowest BCUT2D eigenvalue weighted by atomic mass is 10.3. The first-order chi connectivity index (χ1) is 11.4. The standard InChI is InChI=1S/C15H14F2N2O3S2/c16-11-4-3-10(9-12(11)17)18-15(20)14-13(5-8-23-14)24(21,22)19-6-1-2-7-19/h3-5,8-9H,1-2,6-7H2,(H,18,20). The molecule has 1 aromatic heterocycles. The van der Waals surface area contributed by atoms with Crippen LogP contribution < -0.4 is 5.32 Å². The van der Waals surface area contributed by atoms with E-state index in [2.05, 4.69) is 5.32 Å². The van der Waals surface area contributed by atoms with E-state index in [9.17, 15) is 22.0 Å². The second kappa shape index (κ2) is 6.58. The minimum Gasteiger partial charge on any atom is -0.321 e. The van der Waals surface area contributed by atoms with Gasteiger partial charge in [-0.15, -0.1) is 11.3 Å². The summed E-state index contributed by atoms with van der Waals surface area (Å²) < 4.78 is 52.7. The Kier molecular flexibility index (Phi) is 4.66. The highest BCUT2D eigenvalue weighted by atomic mass is 32.2. The molecule has 0 spiro atoms. The summed E-state index contributed by atoms with van der Waals surface area (Å²) in [6.07, 6.45) is 1.58. The minimum absolute atomic E-state index is 0.0200. The molecule has 1 saturated heterocycles. The number of amides is 1. The largest absolute Gasteiger partial charge is 0.321 e. The summed E-state index contributed by atoms with van der Waals surface area (Å²) >= 11 is 0.984. The predicted molar refractivity (Wildman–Crippen MR) is 86.6 cm³/mol. The summed E-state index contributed by atoms with van der Waals surface area (Å²) in [5, 5.41) is 3.91. The summed E-state index contributed by atoms with van der Waals surface area (Å²) in [5.74, 6) is -2.79. The molecular formula is C15H14F2N2O3S2. The Morgan fingerprint density at radius 1 is 1.12 bits per heavy atom. The molecule has 5 nitrogen and oxygen atoms in total. The lowest BCUT2D eigenvalue weighted by Crippen LogP contribution is -2.29. The summed E-state index contributed by atoms with van der Waals surface area (Å²) in [6, 6.07) is 4.33. The van der Waals surface area contributed by atoms with Gasteiger partial charge in [0.2, 0.25) is 10.0 Å². The second-order valence-corrected chi connectivity index (χ2v) is 8.13. The minimum atomic E-state index is -3.73. The lowest BCUT2D eigenvalue weighted by molar-refractivity contribution is 0.102. The van der Waals surface area contributed by atoms with Gasteiger partial charge < -0.3 is 5.32 Å². The van der Waals surface area contributed by atoms with Gasteiger partial charge in [0.05, 0.1) is 0 Å². The number of anilines is 1. The molecule has 24 heavy (non-hydrogen) atoms. The molecule has 2 aromatic rings. The van der Waals surface area contributed by atoms with E-state index in [-0.39, 0.29) is 15.5 Å². The third-order valence-corrected chi connectivity index (χ3v) is 6.68. The summed E-state index contributed by atoms with van der Waals surface area (Å²) in [6.45, 7) is 0.866. The average Bonchev–Trinajstić information content (AvgIpc) is 3.22. The number of thiophene rings is 1. The molecule has 1 aliphatic rings. The molecule has 2 heterocycles. The van der Waals surface area contributed by atoms with Crippen molar-refractivity contribution in [2.24, 2.45) is 0 Å². The molecule has 0 unspecified atom stereocenters. The fourth-order valence-electron chi connectivity index (χ4n) is 2.50. The fraction of sp³-hybridized carbons (Fsp3) is 0.267. The first-order valence-corrected chi connectivity index (χ1v) is 9.55. The molecule has 1 fully saturated rings. The fourth-order valence-corrected chi connectivity index (χ4v) is 5.31. The lowest BCUT2D eigenvalue weighted by Gasteiger charge is -2.15. The van der Waals surface area contributed by atoms with Crippen molar-refractivity contribution in [3.05, 3.63) is 46.2 Å². The van der Waals surface area contributed by atoms with Gasteiger partial charge in [0.15, 0.2) is 11.6 Å². The van der Waals surface area contributed by atoms with Crippen molar-refractivity contribution in [3.8, 4) is 0 Å². The van der Waals surface area contributed by atoms with Gasteiger partial charge in [-0.25, -0.2) is 17.2 Å². The van der Waals surface area contributed by atoms with Crippen molar-refractivity contribution in [3.63, 3.8) is 0 Å². The third kappa shape index (κ3) is 3.19. The number of nitrogens with zero attached hydrogens (tertiary/aromatic N) is 1. The second-order valence-electron chi connectivity index (χ2n) is 5.31. The van der Waals surface area contributed by atoms with Crippen molar-refractivity contribution >= 4 is 33.0 Å². The quantitative estimate of drug-likeness (QED) is 0.897. The highest BCUT2D eigenvalue weighted by Gasteiger charge is 2.31. The molecule has 128 valence electrons. The number of carbonyl (C=O) groups excluding carboxylic acids is 1. The molecule has 1 aromatic carbocycles. The zero-order valence-corrected chi connectivity index (χ0v) is 14.1. The Hall–Kier alpha value is -1.84.